The van der Waals surface area contributed by atoms with Gasteiger partial charge in [-0.15, -0.1) is 0 Å². The maximum absolute atomic E-state index is 12.8. The van der Waals surface area contributed by atoms with E-state index < -0.39 is 11.7 Å². The van der Waals surface area contributed by atoms with E-state index in [-0.39, 0.29) is 41.2 Å². The van der Waals surface area contributed by atoms with Gasteiger partial charge in [0, 0.05) is 36.2 Å². The van der Waals surface area contributed by atoms with Gasteiger partial charge in [0.25, 0.3) is 5.91 Å². The Morgan fingerprint density at radius 3 is 1.97 bits per heavy atom. The Morgan fingerprint density at radius 1 is 0.857 bits per heavy atom. The summed E-state index contributed by atoms with van der Waals surface area (Å²) in [6.45, 7) is 2.61. The van der Waals surface area contributed by atoms with Crippen molar-refractivity contribution < 1.29 is 27.6 Å². The molecule has 0 aromatic heterocycles. The molecule has 35 heavy (non-hydrogen) atoms. The highest BCUT2D eigenvalue weighted by molar-refractivity contribution is 5.95. The number of piperidine rings is 1. The van der Waals surface area contributed by atoms with Crippen LogP contribution < -0.4 is 10.6 Å². The van der Waals surface area contributed by atoms with E-state index >= 15 is 0 Å². The third-order valence-corrected chi connectivity index (χ3v) is 6.60. The quantitative estimate of drug-likeness (QED) is 0.616. The molecule has 9 heteroatoms. The molecule has 0 radical (unpaired) electrons. The minimum atomic E-state index is -4.45. The van der Waals surface area contributed by atoms with Gasteiger partial charge in [0.1, 0.15) is 0 Å². The van der Waals surface area contributed by atoms with Gasteiger partial charge in [-0.25, -0.2) is 0 Å². The predicted molar refractivity (Wildman–Crippen MR) is 124 cm³/mol. The van der Waals surface area contributed by atoms with E-state index in [1.807, 2.05) is 31.2 Å². The molecule has 2 fully saturated rings. The maximum atomic E-state index is 12.8. The lowest BCUT2D eigenvalue weighted by Gasteiger charge is -2.32. The topological polar surface area (TPSA) is 78.5 Å². The third kappa shape index (κ3) is 6.21. The molecule has 2 aromatic carbocycles. The average Bonchev–Trinajstić information content (AvgIpc) is 3.69. The number of anilines is 1. The molecule has 1 heterocycles. The summed E-state index contributed by atoms with van der Waals surface area (Å²) in [5, 5.41) is 5.90. The second kappa shape index (κ2) is 10.1. The van der Waals surface area contributed by atoms with Crippen LogP contribution in [-0.4, -0.2) is 35.7 Å². The van der Waals surface area contributed by atoms with E-state index in [9.17, 15) is 27.6 Å². The molecule has 4 rings (SSSR count). The summed E-state index contributed by atoms with van der Waals surface area (Å²) < 4.78 is 38.2. The molecule has 0 spiro atoms. The van der Waals surface area contributed by atoms with Gasteiger partial charge in [-0.2, -0.15) is 13.2 Å². The van der Waals surface area contributed by atoms with Crippen molar-refractivity contribution in [1.29, 1.82) is 0 Å². The van der Waals surface area contributed by atoms with E-state index in [1.165, 1.54) is 12.1 Å². The van der Waals surface area contributed by atoms with E-state index in [2.05, 4.69) is 10.6 Å². The van der Waals surface area contributed by atoms with Crippen molar-refractivity contribution in [3.05, 3.63) is 65.2 Å². The minimum absolute atomic E-state index is 0.0437. The Morgan fingerprint density at radius 2 is 1.43 bits per heavy atom. The molecule has 1 saturated heterocycles. The number of likely N-dealkylation sites (tertiary alicyclic amines) is 1. The highest BCUT2D eigenvalue weighted by Crippen LogP contribution is 2.31. The summed E-state index contributed by atoms with van der Waals surface area (Å²) >= 11 is 0. The molecule has 1 unspecified atom stereocenters. The number of carbonyl (C=O) groups excluding carboxylic acids is 3. The van der Waals surface area contributed by atoms with Crippen molar-refractivity contribution in [2.45, 2.75) is 44.8 Å². The van der Waals surface area contributed by atoms with Crippen LogP contribution in [-0.2, 0) is 15.8 Å². The van der Waals surface area contributed by atoms with Gasteiger partial charge < -0.3 is 15.5 Å². The fourth-order valence-corrected chi connectivity index (χ4v) is 4.19. The molecule has 2 N–H and O–H groups in total. The predicted octanol–water partition coefficient (Wildman–Crippen LogP) is 4.78. The van der Waals surface area contributed by atoms with Crippen molar-refractivity contribution in [3.63, 3.8) is 0 Å². The molecular weight excluding hydrogens is 459 g/mol. The van der Waals surface area contributed by atoms with Gasteiger partial charge in [-0.05, 0) is 74.6 Å². The highest BCUT2D eigenvalue weighted by Gasteiger charge is 2.32. The standard InChI is InChI=1S/C26H28F3N3O3/c1-16(17-6-10-22(11-7-17)31-24(34)18-2-3-18)30-23(33)19-12-14-32(15-13-19)25(35)20-4-8-21(9-5-20)26(27,28)29/h4-11,16,18-19H,2-3,12-15H2,1H3,(H,30,33)(H,31,34). The number of halogens is 3. The number of alkyl halides is 3. The number of nitrogens with zero attached hydrogens (tertiary/aromatic N) is 1. The van der Waals surface area contributed by atoms with Gasteiger partial charge in [0.2, 0.25) is 11.8 Å². The number of hydrogen-bond donors (Lipinski definition) is 2. The zero-order chi connectivity index (χ0) is 25.2. The number of carbonyl (C=O) groups is 3. The molecule has 1 atom stereocenters. The van der Waals surface area contributed by atoms with Crippen LogP contribution in [0.2, 0.25) is 0 Å². The molecule has 2 aliphatic rings. The highest BCUT2D eigenvalue weighted by atomic mass is 19.4. The Hall–Kier alpha value is -3.36. The average molecular weight is 488 g/mol. The summed E-state index contributed by atoms with van der Waals surface area (Å²) in [4.78, 5) is 38.9. The van der Waals surface area contributed by atoms with Crippen LogP contribution in [0.1, 0.15) is 60.1 Å². The van der Waals surface area contributed by atoms with Crippen LogP contribution in [0.15, 0.2) is 48.5 Å². The van der Waals surface area contributed by atoms with Crippen molar-refractivity contribution in [2.75, 3.05) is 18.4 Å². The van der Waals surface area contributed by atoms with E-state index in [4.69, 9.17) is 0 Å². The number of amides is 3. The summed E-state index contributed by atoms with van der Waals surface area (Å²) in [5.41, 5.74) is 1.05. The van der Waals surface area contributed by atoms with Crippen LogP contribution in [0.25, 0.3) is 0 Å². The van der Waals surface area contributed by atoms with Gasteiger partial charge >= 0.3 is 6.18 Å². The first-order valence-electron chi connectivity index (χ1n) is 11.8. The fraction of sp³-hybridized carbons (Fsp3) is 0.423. The largest absolute Gasteiger partial charge is 0.416 e. The molecule has 1 aliphatic heterocycles. The Balaban J connectivity index is 1.25. The van der Waals surface area contributed by atoms with Gasteiger partial charge in [0.15, 0.2) is 0 Å². The molecule has 3 amide bonds. The Labute approximate surface area is 201 Å². The first-order valence-corrected chi connectivity index (χ1v) is 11.8. The van der Waals surface area contributed by atoms with Crippen LogP contribution >= 0.6 is 0 Å². The fourth-order valence-electron chi connectivity index (χ4n) is 4.19. The van der Waals surface area contributed by atoms with Gasteiger partial charge in [-0.1, -0.05) is 12.1 Å². The number of hydrogen-bond acceptors (Lipinski definition) is 3. The Kier molecular flexibility index (Phi) is 7.14. The second-order valence-electron chi connectivity index (χ2n) is 9.26. The van der Waals surface area contributed by atoms with Crippen LogP contribution in [0.3, 0.4) is 0 Å². The summed E-state index contributed by atoms with van der Waals surface area (Å²) in [6.07, 6.45) is -1.60. The molecule has 186 valence electrons. The molecule has 0 bridgehead atoms. The maximum Gasteiger partial charge on any atom is 0.416 e. The van der Waals surface area contributed by atoms with E-state index in [1.54, 1.807) is 4.90 Å². The van der Waals surface area contributed by atoms with E-state index in [0.29, 0.717) is 25.9 Å². The molecular formula is C26H28F3N3O3. The van der Waals surface area contributed by atoms with Crippen molar-refractivity contribution in [1.82, 2.24) is 10.2 Å². The van der Waals surface area contributed by atoms with Crippen LogP contribution in [0, 0.1) is 11.8 Å². The minimum Gasteiger partial charge on any atom is -0.349 e. The zero-order valence-electron chi connectivity index (χ0n) is 19.4. The lowest BCUT2D eigenvalue weighted by molar-refractivity contribution is -0.137. The van der Waals surface area contributed by atoms with Crippen LogP contribution in [0.5, 0.6) is 0 Å². The summed E-state index contributed by atoms with van der Waals surface area (Å²) in [5.74, 6) is -0.497. The smallest absolute Gasteiger partial charge is 0.349 e. The Bertz CT molecular complexity index is 1070. The first kappa shape index (κ1) is 24.8. The third-order valence-electron chi connectivity index (χ3n) is 6.60. The van der Waals surface area contributed by atoms with Gasteiger partial charge in [0.05, 0.1) is 11.6 Å². The molecule has 2 aromatic rings. The SMILES string of the molecule is CC(NC(=O)C1CCN(C(=O)c2ccc(C(F)(F)F)cc2)CC1)c1ccc(NC(=O)C2CC2)cc1. The molecule has 6 nitrogen and oxygen atoms in total. The number of rotatable bonds is 6. The van der Waals surface area contributed by atoms with Crippen molar-refractivity contribution in [3.8, 4) is 0 Å². The normalized spacial score (nSPS) is 17.5. The number of benzene rings is 2. The van der Waals surface area contributed by atoms with E-state index in [0.717, 1.165) is 36.2 Å². The molecule has 1 saturated carbocycles. The van der Waals surface area contributed by atoms with Gasteiger partial charge in [-0.3, -0.25) is 14.4 Å². The first-order chi connectivity index (χ1) is 16.6. The van der Waals surface area contributed by atoms with Crippen LogP contribution in [0.4, 0.5) is 18.9 Å². The lowest BCUT2D eigenvalue weighted by atomic mass is 9.94. The summed E-state index contributed by atoms with van der Waals surface area (Å²) in [7, 11) is 0. The number of nitrogens with one attached hydrogen (secondary N) is 2. The lowest BCUT2D eigenvalue weighted by Crippen LogP contribution is -2.43. The van der Waals surface area contributed by atoms with Crippen molar-refractivity contribution in [2.24, 2.45) is 11.8 Å². The monoisotopic (exact) mass is 487 g/mol. The zero-order valence-corrected chi connectivity index (χ0v) is 19.4. The van der Waals surface area contributed by atoms with Crippen molar-refractivity contribution >= 4 is 23.4 Å². The molecule has 1 aliphatic carbocycles. The second-order valence-corrected chi connectivity index (χ2v) is 9.26. The summed E-state index contributed by atoms with van der Waals surface area (Å²) in [6, 6.07) is 11.4.